The molecule has 1 heterocycles. The minimum absolute atomic E-state index is 0.00861. The van der Waals surface area contributed by atoms with E-state index in [0.29, 0.717) is 16.0 Å². The van der Waals surface area contributed by atoms with Crippen LogP contribution in [0.4, 0.5) is 0 Å². The Labute approximate surface area is 188 Å². The minimum atomic E-state index is -3.60. The number of likely N-dealkylation sites (N-methyl/N-ethyl adjacent to an activating group) is 1. The average molecular weight is 459 g/mol. The second-order valence-electron chi connectivity index (χ2n) is 8.32. The Balaban J connectivity index is 1.62. The van der Waals surface area contributed by atoms with Crippen LogP contribution in [-0.2, 0) is 26.9 Å². The van der Waals surface area contributed by atoms with Crippen molar-refractivity contribution in [3.05, 3.63) is 65.3 Å². The summed E-state index contributed by atoms with van der Waals surface area (Å²) in [6, 6.07) is 14.5. The number of hydrogen-bond acceptors (Lipinski definition) is 3. The first-order chi connectivity index (χ1) is 14.8. The van der Waals surface area contributed by atoms with Gasteiger partial charge < -0.3 is 9.47 Å². The van der Waals surface area contributed by atoms with Crippen LogP contribution in [0.3, 0.4) is 0 Å². The van der Waals surface area contributed by atoms with Crippen LogP contribution in [-0.4, -0.2) is 36.9 Å². The van der Waals surface area contributed by atoms with E-state index >= 15 is 0 Å². The van der Waals surface area contributed by atoms with Crippen molar-refractivity contribution in [2.75, 3.05) is 7.05 Å². The normalized spacial score (nSPS) is 15.3. The molecule has 0 atom stereocenters. The summed E-state index contributed by atoms with van der Waals surface area (Å²) in [6.07, 6.45) is 7.23. The van der Waals surface area contributed by atoms with Crippen molar-refractivity contribution in [2.45, 2.75) is 55.3 Å². The van der Waals surface area contributed by atoms with E-state index in [9.17, 15) is 13.2 Å². The fourth-order valence-electron chi connectivity index (χ4n) is 4.40. The number of amides is 1. The van der Waals surface area contributed by atoms with Crippen LogP contribution in [0.15, 0.2) is 59.6 Å². The smallest absolute Gasteiger partial charge is 0.242 e. The molecule has 2 aromatic carbocycles. The Bertz CT molecular complexity index is 1180. The van der Waals surface area contributed by atoms with Gasteiger partial charge in [-0.2, -0.15) is 0 Å². The van der Waals surface area contributed by atoms with E-state index in [1.807, 2.05) is 30.1 Å². The Morgan fingerprint density at radius 1 is 1.06 bits per heavy atom. The number of carbonyl (C=O) groups excluding carboxylic acids is 1. The molecule has 5 nitrogen and oxygen atoms in total. The lowest BCUT2D eigenvalue weighted by Gasteiger charge is -2.31. The zero-order valence-electron chi connectivity index (χ0n) is 17.6. The van der Waals surface area contributed by atoms with E-state index < -0.39 is 9.84 Å². The average Bonchev–Trinajstić information content (AvgIpc) is 3.15. The molecule has 3 aromatic rings. The van der Waals surface area contributed by atoms with Crippen molar-refractivity contribution in [2.24, 2.45) is 0 Å². The predicted molar refractivity (Wildman–Crippen MR) is 124 cm³/mol. The summed E-state index contributed by atoms with van der Waals surface area (Å²) in [6.45, 7) is 0.129. The van der Waals surface area contributed by atoms with Crippen molar-refractivity contribution < 1.29 is 13.2 Å². The number of halogens is 1. The number of nitrogens with zero attached hydrogens (tertiary/aromatic N) is 2. The van der Waals surface area contributed by atoms with Gasteiger partial charge in [-0.1, -0.05) is 61.2 Å². The third-order valence-electron chi connectivity index (χ3n) is 6.18. The first-order valence-electron chi connectivity index (χ1n) is 10.7. The second-order valence-corrected chi connectivity index (χ2v) is 10.7. The quantitative estimate of drug-likeness (QED) is 0.518. The SMILES string of the molecule is CN(C(=O)Cn1cc(S(=O)(=O)Cc2ccc(Cl)cc2)c2ccccc21)C1CCCCC1. The van der Waals surface area contributed by atoms with Gasteiger partial charge in [-0.05, 0) is 36.6 Å². The van der Waals surface area contributed by atoms with Gasteiger partial charge in [0.2, 0.25) is 5.91 Å². The zero-order valence-corrected chi connectivity index (χ0v) is 19.2. The molecule has 1 aliphatic rings. The number of hydrogen-bond donors (Lipinski definition) is 0. The molecule has 0 saturated heterocycles. The highest BCUT2D eigenvalue weighted by atomic mass is 35.5. The van der Waals surface area contributed by atoms with E-state index in [4.69, 9.17) is 11.6 Å². The Kier molecular flexibility index (Phi) is 6.39. The fraction of sp³-hybridized carbons (Fsp3) is 0.375. The zero-order chi connectivity index (χ0) is 22.0. The summed E-state index contributed by atoms with van der Waals surface area (Å²) in [7, 11) is -1.73. The summed E-state index contributed by atoms with van der Waals surface area (Å²) < 4.78 is 28.2. The molecular weight excluding hydrogens is 432 g/mol. The molecule has 1 aromatic heterocycles. The molecule has 4 rings (SSSR count). The van der Waals surface area contributed by atoms with Crippen molar-refractivity contribution >= 4 is 38.2 Å². The van der Waals surface area contributed by atoms with Crippen LogP contribution in [0.5, 0.6) is 0 Å². The van der Waals surface area contributed by atoms with E-state index in [1.54, 1.807) is 41.1 Å². The summed E-state index contributed by atoms with van der Waals surface area (Å²) in [5.74, 6) is -0.108. The molecule has 31 heavy (non-hydrogen) atoms. The van der Waals surface area contributed by atoms with Crippen LogP contribution in [0.25, 0.3) is 10.9 Å². The first kappa shape index (κ1) is 21.9. The Morgan fingerprint density at radius 3 is 2.45 bits per heavy atom. The van der Waals surface area contributed by atoms with Crippen molar-refractivity contribution in [3.8, 4) is 0 Å². The Morgan fingerprint density at radius 2 is 1.74 bits per heavy atom. The van der Waals surface area contributed by atoms with Gasteiger partial charge in [-0.3, -0.25) is 4.79 Å². The number of benzene rings is 2. The van der Waals surface area contributed by atoms with Crippen molar-refractivity contribution in [3.63, 3.8) is 0 Å². The second kappa shape index (κ2) is 9.05. The topological polar surface area (TPSA) is 59.4 Å². The molecule has 0 unspecified atom stereocenters. The lowest BCUT2D eigenvalue weighted by molar-refractivity contribution is -0.133. The number of fused-ring (bicyclic) bond motifs is 1. The minimum Gasteiger partial charge on any atom is -0.341 e. The summed E-state index contributed by atoms with van der Waals surface area (Å²) in [5.41, 5.74) is 1.43. The standard InChI is InChI=1S/C24H27ClN2O3S/c1-26(20-7-3-2-4-8-20)24(28)16-27-15-23(21-9-5-6-10-22(21)27)31(29,30)17-18-11-13-19(25)14-12-18/h5-6,9-15,20H,2-4,7-8,16-17H2,1H3. The van der Waals surface area contributed by atoms with E-state index in [1.165, 1.54) is 6.42 Å². The monoisotopic (exact) mass is 458 g/mol. The summed E-state index contributed by atoms with van der Waals surface area (Å²) >= 11 is 5.92. The number of carbonyl (C=O) groups is 1. The molecule has 1 aliphatic carbocycles. The fourth-order valence-corrected chi connectivity index (χ4v) is 6.11. The lowest BCUT2D eigenvalue weighted by Crippen LogP contribution is -2.40. The molecule has 1 saturated carbocycles. The van der Waals surface area contributed by atoms with Gasteiger partial charge in [0, 0.05) is 35.2 Å². The van der Waals surface area contributed by atoms with Gasteiger partial charge in [-0.15, -0.1) is 0 Å². The number of rotatable bonds is 6. The van der Waals surface area contributed by atoms with Crippen LogP contribution in [0.1, 0.15) is 37.7 Å². The molecule has 0 bridgehead atoms. The van der Waals surface area contributed by atoms with Gasteiger partial charge in [0.15, 0.2) is 9.84 Å². The third kappa shape index (κ3) is 4.80. The maximum Gasteiger partial charge on any atom is 0.242 e. The highest BCUT2D eigenvalue weighted by Gasteiger charge is 2.25. The number of para-hydroxylation sites is 1. The molecule has 164 valence electrons. The molecule has 0 radical (unpaired) electrons. The van der Waals surface area contributed by atoms with Gasteiger partial charge in [0.05, 0.1) is 10.6 Å². The van der Waals surface area contributed by atoms with Crippen LogP contribution < -0.4 is 0 Å². The third-order valence-corrected chi connectivity index (χ3v) is 8.14. The van der Waals surface area contributed by atoms with Gasteiger partial charge in [0.25, 0.3) is 0 Å². The van der Waals surface area contributed by atoms with E-state index in [-0.39, 0.29) is 29.1 Å². The van der Waals surface area contributed by atoms with E-state index in [0.717, 1.165) is 31.2 Å². The largest absolute Gasteiger partial charge is 0.341 e. The van der Waals surface area contributed by atoms with Crippen molar-refractivity contribution in [1.29, 1.82) is 0 Å². The predicted octanol–water partition coefficient (Wildman–Crippen LogP) is 5.06. The summed E-state index contributed by atoms with van der Waals surface area (Å²) in [5, 5.41) is 1.21. The molecule has 0 N–H and O–H groups in total. The first-order valence-corrected chi connectivity index (χ1v) is 12.7. The van der Waals surface area contributed by atoms with Gasteiger partial charge >= 0.3 is 0 Å². The molecule has 7 heteroatoms. The lowest BCUT2D eigenvalue weighted by atomic mass is 9.94. The molecule has 1 fully saturated rings. The Hall–Kier alpha value is -2.31. The van der Waals surface area contributed by atoms with Crippen LogP contribution >= 0.6 is 11.6 Å². The summed E-state index contributed by atoms with van der Waals surface area (Å²) in [4.78, 5) is 15.1. The molecular formula is C24H27ClN2O3S. The van der Waals surface area contributed by atoms with E-state index in [2.05, 4.69) is 0 Å². The van der Waals surface area contributed by atoms with Crippen molar-refractivity contribution in [1.82, 2.24) is 9.47 Å². The maximum atomic E-state index is 13.2. The van der Waals surface area contributed by atoms with Gasteiger partial charge in [0.1, 0.15) is 6.54 Å². The molecule has 0 spiro atoms. The highest BCUT2D eigenvalue weighted by molar-refractivity contribution is 7.90. The number of sulfone groups is 1. The maximum absolute atomic E-state index is 13.2. The van der Waals surface area contributed by atoms with Crippen LogP contribution in [0, 0.1) is 0 Å². The molecule has 1 amide bonds. The van der Waals surface area contributed by atoms with Crippen LogP contribution in [0.2, 0.25) is 5.02 Å². The highest BCUT2D eigenvalue weighted by Crippen LogP contribution is 2.29. The molecule has 0 aliphatic heterocycles. The van der Waals surface area contributed by atoms with Gasteiger partial charge in [-0.25, -0.2) is 8.42 Å². The number of aromatic nitrogens is 1.